The Labute approximate surface area is 163 Å². The number of halogens is 1. The van der Waals surface area contributed by atoms with Crippen molar-refractivity contribution < 1.29 is 4.74 Å². The number of aryl methyl sites for hydroxylation is 2. The Morgan fingerprint density at radius 1 is 1.38 bits per heavy atom. The third-order valence-electron chi connectivity index (χ3n) is 4.87. The van der Waals surface area contributed by atoms with E-state index in [1.807, 2.05) is 0 Å². The number of hydrogen-bond acceptors (Lipinski definition) is 2. The molecular formula is C19H30IN3O. The molecule has 1 N–H and O–H groups in total. The molecule has 3 rings (SSSR count). The number of guanidine groups is 1. The highest BCUT2D eigenvalue weighted by atomic mass is 127. The topological polar surface area (TPSA) is 36.9 Å². The average molecular weight is 443 g/mol. The van der Waals surface area contributed by atoms with Gasteiger partial charge in [-0.3, -0.25) is 4.99 Å². The molecule has 1 heterocycles. The second-order valence-electron chi connectivity index (χ2n) is 6.93. The smallest absolute Gasteiger partial charge is 0.194 e. The minimum atomic E-state index is 0. The first-order chi connectivity index (χ1) is 11.1. The maximum absolute atomic E-state index is 6.06. The van der Waals surface area contributed by atoms with Crippen LogP contribution in [0.3, 0.4) is 0 Å². The first-order valence-corrected chi connectivity index (χ1v) is 8.83. The second kappa shape index (κ2) is 8.52. The Morgan fingerprint density at radius 3 is 2.75 bits per heavy atom. The van der Waals surface area contributed by atoms with Gasteiger partial charge >= 0.3 is 0 Å². The van der Waals surface area contributed by atoms with Crippen LogP contribution in [0.1, 0.15) is 43.1 Å². The molecule has 0 bridgehead atoms. The number of morpholine rings is 1. The molecule has 0 amide bonds. The summed E-state index contributed by atoms with van der Waals surface area (Å²) >= 11 is 0. The summed E-state index contributed by atoms with van der Waals surface area (Å²) in [6.07, 6.45) is 1.39. The van der Waals surface area contributed by atoms with E-state index >= 15 is 0 Å². The quantitative estimate of drug-likeness (QED) is 0.440. The normalized spacial score (nSPS) is 26.8. The van der Waals surface area contributed by atoms with Crippen molar-refractivity contribution in [2.24, 2.45) is 10.9 Å². The van der Waals surface area contributed by atoms with Crippen LogP contribution in [0.4, 0.5) is 0 Å². The Hall–Kier alpha value is -0.820. The van der Waals surface area contributed by atoms with Crippen LogP contribution in [-0.2, 0) is 4.74 Å². The Morgan fingerprint density at radius 2 is 2.12 bits per heavy atom. The number of rotatable bonds is 3. The van der Waals surface area contributed by atoms with E-state index in [9.17, 15) is 0 Å². The summed E-state index contributed by atoms with van der Waals surface area (Å²) in [5, 5.41) is 3.63. The Balaban J connectivity index is 0.00000208. The molecule has 1 aromatic carbocycles. The summed E-state index contributed by atoms with van der Waals surface area (Å²) in [6, 6.07) is 7.23. The van der Waals surface area contributed by atoms with E-state index in [1.54, 1.807) is 0 Å². The average Bonchev–Trinajstić information content (AvgIpc) is 3.22. The van der Waals surface area contributed by atoms with Crippen LogP contribution in [0.5, 0.6) is 0 Å². The number of nitrogens with one attached hydrogen (secondary N) is 1. The summed E-state index contributed by atoms with van der Waals surface area (Å²) in [6.45, 7) is 12.1. The van der Waals surface area contributed by atoms with Gasteiger partial charge in [-0.2, -0.15) is 0 Å². The monoisotopic (exact) mass is 443 g/mol. The molecule has 2 aliphatic rings. The van der Waals surface area contributed by atoms with E-state index in [0.717, 1.165) is 38.1 Å². The van der Waals surface area contributed by atoms with Crippen LogP contribution >= 0.6 is 24.0 Å². The Kier molecular flexibility index (Phi) is 6.92. The molecule has 1 saturated heterocycles. The van der Waals surface area contributed by atoms with Crippen molar-refractivity contribution in [3.8, 4) is 0 Å². The molecule has 0 spiro atoms. The minimum Gasteiger partial charge on any atom is -0.370 e. The van der Waals surface area contributed by atoms with Gasteiger partial charge in [-0.1, -0.05) is 30.7 Å². The van der Waals surface area contributed by atoms with Crippen molar-refractivity contribution in [1.82, 2.24) is 10.2 Å². The SMILES string of the molecule is CCN=C(NC1CC1C)N1CCOC(c2ccc(C)cc2C)C1.I. The van der Waals surface area contributed by atoms with Crippen LogP contribution < -0.4 is 5.32 Å². The molecule has 2 fully saturated rings. The molecule has 1 aliphatic carbocycles. The molecule has 134 valence electrons. The number of benzene rings is 1. The number of nitrogens with zero attached hydrogens (tertiary/aromatic N) is 2. The van der Waals surface area contributed by atoms with Gasteiger partial charge in [0, 0.05) is 19.1 Å². The lowest BCUT2D eigenvalue weighted by Gasteiger charge is -2.36. The van der Waals surface area contributed by atoms with Crippen molar-refractivity contribution in [2.45, 2.75) is 46.3 Å². The fourth-order valence-corrected chi connectivity index (χ4v) is 3.29. The van der Waals surface area contributed by atoms with Crippen molar-refractivity contribution in [2.75, 3.05) is 26.2 Å². The highest BCUT2D eigenvalue weighted by Crippen LogP contribution is 2.30. The highest BCUT2D eigenvalue weighted by Gasteiger charge is 2.35. The molecule has 3 unspecified atom stereocenters. The molecule has 1 aromatic rings. The van der Waals surface area contributed by atoms with Crippen LogP contribution in [0.25, 0.3) is 0 Å². The van der Waals surface area contributed by atoms with Crippen LogP contribution in [-0.4, -0.2) is 43.1 Å². The zero-order chi connectivity index (χ0) is 16.4. The zero-order valence-corrected chi connectivity index (χ0v) is 17.5. The summed E-state index contributed by atoms with van der Waals surface area (Å²) in [7, 11) is 0. The van der Waals surface area contributed by atoms with Gasteiger partial charge in [0.25, 0.3) is 0 Å². The molecule has 0 aromatic heterocycles. The zero-order valence-electron chi connectivity index (χ0n) is 15.2. The maximum atomic E-state index is 6.06. The van der Waals surface area contributed by atoms with Gasteiger partial charge in [-0.25, -0.2) is 0 Å². The van der Waals surface area contributed by atoms with Crippen molar-refractivity contribution in [3.05, 3.63) is 34.9 Å². The lowest BCUT2D eigenvalue weighted by Crippen LogP contribution is -2.49. The number of ether oxygens (including phenoxy) is 1. The molecular weight excluding hydrogens is 413 g/mol. The van der Waals surface area contributed by atoms with E-state index in [4.69, 9.17) is 9.73 Å². The van der Waals surface area contributed by atoms with E-state index in [-0.39, 0.29) is 30.1 Å². The molecule has 0 radical (unpaired) electrons. The second-order valence-corrected chi connectivity index (χ2v) is 6.93. The Bertz CT molecular complexity index is 590. The fourth-order valence-electron chi connectivity index (χ4n) is 3.29. The van der Waals surface area contributed by atoms with Crippen LogP contribution in [0.15, 0.2) is 23.2 Å². The molecule has 24 heavy (non-hydrogen) atoms. The molecule has 5 heteroatoms. The molecule has 1 saturated carbocycles. The lowest BCUT2D eigenvalue weighted by atomic mass is 10.00. The summed E-state index contributed by atoms with van der Waals surface area (Å²) < 4.78 is 6.06. The third kappa shape index (κ3) is 4.63. The molecule has 3 atom stereocenters. The predicted molar refractivity (Wildman–Crippen MR) is 110 cm³/mol. The van der Waals surface area contributed by atoms with Gasteiger partial charge in [-0.15, -0.1) is 24.0 Å². The first kappa shape index (κ1) is 19.5. The lowest BCUT2D eigenvalue weighted by molar-refractivity contribution is -0.00840. The highest BCUT2D eigenvalue weighted by molar-refractivity contribution is 14.0. The van der Waals surface area contributed by atoms with Crippen molar-refractivity contribution in [1.29, 1.82) is 0 Å². The van der Waals surface area contributed by atoms with Gasteiger partial charge in [-0.05, 0) is 44.2 Å². The van der Waals surface area contributed by atoms with E-state index < -0.39 is 0 Å². The van der Waals surface area contributed by atoms with Crippen LogP contribution in [0.2, 0.25) is 0 Å². The van der Waals surface area contributed by atoms with Crippen molar-refractivity contribution >= 4 is 29.9 Å². The van der Waals surface area contributed by atoms with Gasteiger partial charge in [0.05, 0.1) is 13.2 Å². The molecule has 4 nitrogen and oxygen atoms in total. The predicted octanol–water partition coefficient (Wildman–Crippen LogP) is 3.67. The van der Waals surface area contributed by atoms with E-state index in [1.165, 1.54) is 23.1 Å². The first-order valence-electron chi connectivity index (χ1n) is 8.83. The van der Waals surface area contributed by atoms with Gasteiger partial charge in [0.15, 0.2) is 5.96 Å². The third-order valence-corrected chi connectivity index (χ3v) is 4.87. The maximum Gasteiger partial charge on any atom is 0.194 e. The summed E-state index contributed by atoms with van der Waals surface area (Å²) in [5.41, 5.74) is 3.92. The number of aliphatic imine (C=N–C) groups is 1. The summed E-state index contributed by atoms with van der Waals surface area (Å²) in [4.78, 5) is 7.07. The van der Waals surface area contributed by atoms with Gasteiger partial charge in [0.2, 0.25) is 0 Å². The van der Waals surface area contributed by atoms with Crippen molar-refractivity contribution in [3.63, 3.8) is 0 Å². The molecule has 1 aliphatic heterocycles. The van der Waals surface area contributed by atoms with Gasteiger partial charge in [0.1, 0.15) is 6.10 Å². The minimum absolute atomic E-state index is 0. The number of hydrogen-bond donors (Lipinski definition) is 1. The van der Waals surface area contributed by atoms with E-state index in [2.05, 4.69) is 56.1 Å². The van der Waals surface area contributed by atoms with Crippen LogP contribution in [0, 0.1) is 19.8 Å². The standard InChI is InChI=1S/C19H29N3O.HI/c1-5-20-19(21-17-11-15(17)4)22-8-9-23-18(12-22)16-7-6-13(2)10-14(16)3;/h6-7,10,15,17-18H,5,8-9,11-12H2,1-4H3,(H,20,21);1H. The van der Waals surface area contributed by atoms with E-state index in [0.29, 0.717) is 6.04 Å². The summed E-state index contributed by atoms with van der Waals surface area (Å²) in [5.74, 6) is 1.83. The largest absolute Gasteiger partial charge is 0.370 e. The fraction of sp³-hybridized carbons (Fsp3) is 0.632. The van der Waals surface area contributed by atoms with Gasteiger partial charge < -0.3 is 15.0 Å².